The largest absolute Gasteiger partial charge is 0.508 e. The normalized spacial score (nSPS) is 12.9. The Morgan fingerprint density at radius 1 is 0.943 bits per heavy atom. The Hall–Kier alpha value is -3.75. The van der Waals surface area contributed by atoms with Crippen LogP contribution >= 0.6 is 0 Å². The summed E-state index contributed by atoms with van der Waals surface area (Å²) < 4.78 is 10.4. The molecule has 9 heteroatoms. The van der Waals surface area contributed by atoms with Crippen molar-refractivity contribution in [1.29, 1.82) is 0 Å². The highest BCUT2D eigenvalue weighted by Gasteiger charge is 2.36. The smallest absolute Gasteiger partial charge is 0.408 e. The summed E-state index contributed by atoms with van der Waals surface area (Å²) in [5, 5.41) is 15.1. The Morgan fingerprint density at radius 3 is 2.00 bits per heavy atom. The van der Waals surface area contributed by atoms with Gasteiger partial charge in [-0.15, -0.1) is 0 Å². The van der Waals surface area contributed by atoms with Crippen LogP contribution in [0.15, 0.2) is 48.5 Å². The summed E-state index contributed by atoms with van der Waals surface area (Å²) in [5.41, 5.74) is 0.299. The van der Waals surface area contributed by atoms with E-state index in [4.69, 9.17) is 9.47 Å². The quantitative estimate of drug-likeness (QED) is 0.515. The van der Waals surface area contributed by atoms with Crippen molar-refractivity contribution >= 4 is 23.6 Å². The molecular formula is C26H35N3O6. The van der Waals surface area contributed by atoms with E-state index in [0.717, 1.165) is 0 Å². The van der Waals surface area contributed by atoms with Gasteiger partial charge in [-0.1, -0.05) is 12.1 Å². The van der Waals surface area contributed by atoms with Gasteiger partial charge in [0, 0.05) is 11.7 Å². The Labute approximate surface area is 206 Å². The zero-order valence-electron chi connectivity index (χ0n) is 21.3. The van der Waals surface area contributed by atoms with Crippen LogP contribution in [-0.4, -0.2) is 52.7 Å². The van der Waals surface area contributed by atoms with Gasteiger partial charge in [0.1, 0.15) is 29.2 Å². The number of amides is 3. The van der Waals surface area contributed by atoms with Crippen LogP contribution in [0.4, 0.5) is 10.5 Å². The lowest BCUT2D eigenvalue weighted by atomic mass is 10.0. The number of alkyl carbamates (subject to hydrolysis) is 1. The van der Waals surface area contributed by atoms with E-state index in [-0.39, 0.29) is 5.75 Å². The number of benzene rings is 2. The van der Waals surface area contributed by atoms with Crippen LogP contribution in [0, 0.1) is 0 Å². The molecule has 0 aliphatic heterocycles. The third-order valence-electron chi connectivity index (χ3n) is 5.01. The fourth-order valence-corrected chi connectivity index (χ4v) is 3.43. The van der Waals surface area contributed by atoms with Gasteiger partial charge >= 0.3 is 6.09 Å². The maximum atomic E-state index is 13.5. The summed E-state index contributed by atoms with van der Waals surface area (Å²) in [6.07, 6.45) is -0.731. The third-order valence-corrected chi connectivity index (χ3v) is 5.01. The lowest BCUT2D eigenvalue weighted by Gasteiger charge is -2.36. The van der Waals surface area contributed by atoms with Gasteiger partial charge in [-0.25, -0.2) is 4.79 Å². The molecule has 2 aromatic rings. The van der Waals surface area contributed by atoms with Crippen LogP contribution in [0.1, 0.15) is 53.1 Å². The van der Waals surface area contributed by atoms with E-state index >= 15 is 0 Å². The van der Waals surface area contributed by atoms with Gasteiger partial charge in [0.25, 0.3) is 5.91 Å². The number of phenols is 1. The fraction of sp³-hybridized carbons (Fsp3) is 0.423. The minimum absolute atomic E-state index is 0.0328. The highest BCUT2D eigenvalue weighted by molar-refractivity contribution is 5.99. The van der Waals surface area contributed by atoms with Crippen molar-refractivity contribution in [2.75, 3.05) is 12.4 Å². The summed E-state index contributed by atoms with van der Waals surface area (Å²) in [6.45, 7) is 10.3. The number of phenolic OH excluding ortho intramolecular Hbond substituents is 1. The van der Waals surface area contributed by atoms with Crippen molar-refractivity contribution in [3.05, 3.63) is 54.1 Å². The van der Waals surface area contributed by atoms with Crippen molar-refractivity contribution in [3.8, 4) is 11.5 Å². The minimum atomic E-state index is -1.03. The first-order valence-corrected chi connectivity index (χ1v) is 11.4. The number of anilines is 1. The first-order chi connectivity index (χ1) is 16.3. The Morgan fingerprint density at radius 2 is 1.51 bits per heavy atom. The molecule has 0 aliphatic rings. The molecule has 3 N–H and O–H groups in total. The average Bonchev–Trinajstić information content (AvgIpc) is 2.76. The van der Waals surface area contributed by atoms with Crippen molar-refractivity contribution in [3.63, 3.8) is 0 Å². The molecule has 2 rings (SSSR count). The van der Waals surface area contributed by atoms with Gasteiger partial charge in [-0.2, -0.15) is 0 Å². The second-order valence-corrected chi connectivity index (χ2v) is 9.42. The van der Waals surface area contributed by atoms with E-state index in [1.54, 1.807) is 78.1 Å². The molecule has 190 valence electrons. The van der Waals surface area contributed by atoms with Gasteiger partial charge in [-0.05, 0) is 83.5 Å². The lowest BCUT2D eigenvalue weighted by Crippen LogP contribution is -2.53. The van der Waals surface area contributed by atoms with E-state index < -0.39 is 41.6 Å². The highest BCUT2D eigenvalue weighted by atomic mass is 16.6. The molecule has 0 fully saturated rings. The molecule has 0 aromatic heterocycles. The number of rotatable bonds is 8. The first-order valence-electron chi connectivity index (χ1n) is 11.4. The van der Waals surface area contributed by atoms with Gasteiger partial charge in [0.2, 0.25) is 5.91 Å². The maximum Gasteiger partial charge on any atom is 0.408 e. The number of methoxy groups -OCH3 is 1. The first kappa shape index (κ1) is 27.5. The van der Waals surface area contributed by atoms with E-state index in [9.17, 15) is 19.5 Å². The summed E-state index contributed by atoms with van der Waals surface area (Å²) in [7, 11) is 1.55. The zero-order valence-corrected chi connectivity index (χ0v) is 21.3. The molecule has 0 heterocycles. The number of ether oxygens (including phenoxy) is 2. The summed E-state index contributed by atoms with van der Waals surface area (Å²) in [6, 6.07) is 10.5. The van der Waals surface area contributed by atoms with Crippen molar-refractivity contribution in [1.82, 2.24) is 10.2 Å². The predicted octanol–water partition coefficient (Wildman–Crippen LogP) is 4.23. The van der Waals surface area contributed by atoms with Crippen LogP contribution < -0.4 is 15.4 Å². The molecule has 2 aromatic carbocycles. The van der Waals surface area contributed by atoms with Crippen LogP contribution in [0.5, 0.6) is 11.5 Å². The monoisotopic (exact) mass is 485 g/mol. The van der Waals surface area contributed by atoms with E-state index in [1.165, 1.54) is 24.0 Å². The average molecular weight is 486 g/mol. The predicted molar refractivity (Wildman–Crippen MR) is 133 cm³/mol. The van der Waals surface area contributed by atoms with Crippen molar-refractivity contribution in [2.45, 2.75) is 65.3 Å². The SMILES string of the molecule is COc1ccc(NC(=O)C(c2ccc(O)cc2)N(C(=O)C(C)NC(=O)OC(C)(C)C)C(C)C)cc1. The molecule has 2 unspecified atom stereocenters. The summed E-state index contributed by atoms with van der Waals surface area (Å²) in [5.74, 6) is -0.245. The molecule has 9 nitrogen and oxygen atoms in total. The summed E-state index contributed by atoms with van der Waals surface area (Å²) >= 11 is 0. The molecule has 0 bridgehead atoms. The van der Waals surface area contributed by atoms with Gasteiger partial charge in [0.05, 0.1) is 7.11 Å². The van der Waals surface area contributed by atoms with E-state index in [2.05, 4.69) is 10.6 Å². The molecular weight excluding hydrogens is 450 g/mol. The highest BCUT2D eigenvalue weighted by Crippen LogP contribution is 2.28. The second-order valence-electron chi connectivity index (χ2n) is 9.42. The number of nitrogens with one attached hydrogen (secondary N) is 2. The third kappa shape index (κ3) is 7.91. The maximum absolute atomic E-state index is 13.5. The van der Waals surface area contributed by atoms with Crippen LogP contribution in [-0.2, 0) is 14.3 Å². The number of aromatic hydroxyl groups is 1. The number of carbonyl (C=O) groups is 3. The standard InChI is InChI=1S/C26H35N3O6/c1-16(2)29(24(32)17(3)27-25(33)35-26(4,5)6)22(18-8-12-20(30)13-9-18)23(31)28-19-10-14-21(34-7)15-11-19/h8-17,22,30H,1-7H3,(H,27,33)(H,28,31). The Kier molecular flexibility index (Phi) is 9.11. The topological polar surface area (TPSA) is 117 Å². The van der Waals surface area contributed by atoms with E-state index in [0.29, 0.717) is 17.0 Å². The zero-order chi connectivity index (χ0) is 26.3. The number of hydrogen-bond donors (Lipinski definition) is 3. The van der Waals surface area contributed by atoms with Crippen LogP contribution in [0.2, 0.25) is 0 Å². The van der Waals surface area contributed by atoms with Crippen molar-refractivity contribution < 1.29 is 29.0 Å². The Balaban J connectivity index is 2.38. The molecule has 0 saturated carbocycles. The molecule has 35 heavy (non-hydrogen) atoms. The van der Waals surface area contributed by atoms with E-state index in [1.807, 2.05) is 0 Å². The molecule has 0 radical (unpaired) electrons. The molecule has 0 aliphatic carbocycles. The van der Waals surface area contributed by atoms with Crippen LogP contribution in [0.25, 0.3) is 0 Å². The van der Waals surface area contributed by atoms with Gasteiger partial charge < -0.3 is 30.1 Å². The Bertz CT molecular complexity index is 1010. The fourth-order valence-electron chi connectivity index (χ4n) is 3.43. The molecule has 2 atom stereocenters. The van der Waals surface area contributed by atoms with Gasteiger partial charge in [-0.3, -0.25) is 9.59 Å². The summed E-state index contributed by atoms with van der Waals surface area (Å²) in [4.78, 5) is 40.7. The van der Waals surface area contributed by atoms with Crippen molar-refractivity contribution in [2.24, 2.45) is 0 Å². The minimum Gasteiger partial charge on any atom is -0.508 e. The lowest BCUT2D eigenvalue weighted by molar-refractivity contribution is -0.142. The van der Waals surface area contributed by atoms with Crippen LogP contribution in [0.3, 0.4) is 0 Å². The second kappa shape index (κ2) is 11.6. The number of hydrogen-bond acceptors (Lipinski definition) is 6. The number of carbonyl (C=O) groups excluding carboxylic acids is 3. The molecule has 0 spiro atoms. The van der Waals surface area contributed by atoms with Gasteiger partial charge in [0.15, 0.2) is 0 Å². The number of nitrogens with zero attached hydrogens (tertiary/aromatic N) is 1. The molecule has 0 saturated heterocycles. The molecule has 3 amide bonds.